The Labute approximate surface area is 184 Å². The van der Waals surface area contributed by atoms with Crippen LogP contribution in [0.3, 0.4) is 0 Å². The number of amides is 1. The van der Waals surface area contributed by atoms with Gasteiger partial charge < -0.3 is 14.6 Å². The molecule has 156 valence electrons. The smallest absolute Gasteiger partial charge is 0.260 e. The summed E-state index contributed by atoms with van der Waals surface area (Å²) in [6.07, 6.45) is 0. The number of nitrogens with zero attached hydrogens (tertiary/aromatic N) is 1. The summed E-state index contributed by atoms with van der Waals surface area (Å²) in [5.74, 6) is 0.203. The lowest BCUT2D eigenvalue weighted by Gasteiger charge is -2.25. The minimum atomic E-state index is -0.321. The summed E-state index contributed by atoms with van der Waals surface area (Å²) in [7, 11) is 1.54. The molecule has 1 N–H and O–H groups in total. The number of hydrogen-bond donors (Lipinski definition) is 1. The van der Waals surface area contributed by atoms with E-state index < -0.39 is 0 Å². The standard InChI is InChI=1S/C25H21ClN2O3/c1-16-11-12-17-14-18(24(29)27-21(17)13-16)15-28(22-9-5-6-10-23(22)31-2)25(30)19-7-3-4-8-20(19)26/h3-14H,15H2,1-2H3,(H,27,29). The van der Waals surface area contributed by atoms with Crippen LogP contribution in [-0.2, 0) is 6.54 Å². The predicted octanol–water partition coefficient (Wildman–Crippen LogP) is 5.35. The number of nitrogens with one attached hydrogen (secondary N) is 1. The van der Waals surface area contributed by atoms with Crippen molar-refractivity contribution in [3.05, 3.63) is 105 Å². The zero-order chi connectivity index (χ0) is 22.0. The predicted molar refractivity (Wildman–Crippen MR) is 124 cm³/mol. The van der Waals surface area contributed by atoms with Crippen LogP contribution in [0.15, 0.2) is 77.6 Å². The molecule has 4 rings (SSSR count). The number of carbonyl (C=O) groups is 1. The average molecular weight is 433 g/mol. The lowest BCUT2D eigenvalue weighted by atomic mass is 10.1. The van der Waals surface area contributed by atoms with Crippen molar-refractivity contribution in [1.82, 2.24) is 4.98 Å². The highest BCUT2D eigenvalue weighted by molar-refractivity contribution is 6.34. The van der Waals surface area contributed by atoms with Gasteiger partial charge in [-0.3, -0.25) is 9.59 Å². The third-order valence-corrected chi connectivity index (χ3v) is 5.46. The number of methoxy groups -OCH3 is 1. The van der Waals surface area contributed by atoms with Gasteiger partial charge in [-0.15, -0.1) is 0 Å². The van der Waals surface area contributed by atoms with Crippen molar-refractivity contribution >= 4 is 34.1 Å². The number of anilines is 1. The quantitative estimate of drug-likeness (QED) is 0.462. The van der Waals surface area contributed by atoms with Crippen molar-refractivity contribution in [3.63, 3.8) is 0 Å². The van der Waals surface area contributed by atoms with E-state index in [2.05, 4.69) is 4.98 Å². The SMILES string of the molecule is COc1ccccc1N(Cc1cc2ccc(C)cc2[nH]c1=O)C(=O)c1ccccc1Cl. The minimum Gasteiger partial charge on any atom is -0.495 e. The fourth-order valence-electron chi connectivity index (χ4n) is 3.55. The topological polar surface area (TPSA) is 62.4 Å². The lowest BCUT2D eigenvalue weighted by molar-refractivity contribution is 0.0984. The van der Waals surface area contributed by atoms with Crippen molar-refractivity contribution in [2.24, 2.45) is 0 Å². The number of carbonyl (C=O) groups excluding carboxylic acids is 1. The maximum atomic E-state index is 13.5. The Morgan fingerprint density at radius 3 is 2.55 bits per heavy atom. The molecule has 1 heterocycles. The Hall–Kier alpha value is -3.57. The molecule has 0 aliphatic rings. The average Bonchev–Trinajstić information content (AvgIpc) is 2.77. The molecule has 0 atom stereocenters. The Bertz CT molecular complexity index is 1330. The number of pyridine rings is 1. The molecule has 0 radical (unpaired) electrons. The molecule has 0 aliphatic heterocycles. The molecule has 0 spiro atoms. The van der Waals surface area contributed by atoms with E-state index in [4.69, 9.17) is 16.3 Å². The first kappa shape index (κ1) is 20.7. The summed E-state index contributed by atoms with van der Waals surface area (Å²) < 4.78 is 5.48. The molecule has 31 heavy (non-hydrogen) atoms. The summed E-state index contributed by atoms with van der Waals surface area (Å²) in [6, 6.07) is 21.7. The highest BCUT2D eigenvalue weighted by atomic mass is 35.5. The van der Waals surface area contributed by atoms with Crippen molar-refractivity contribution in [3.8, 4) is 5.75 Å². The van der Waals surface area contributed by atoms with Crippen LogP contribution in [0.5, 0.6) is 5.75 Å². The van der Waals surface area contributed by atoms with Crippen LogP contribution in [0.1, 0.15) is 21.5 Å². The first-order valence-electron chi connectivity index (χ1n) is 9.80. The molecule has 6 heteroatoms. The van der Waals surface area contributed by atoms with E-state index >= 15 is 0 Å². The summed E-state index contributed by atoms with van der Waals surface area (Å²) in [4.78, 5) is 30.8. The number of para-hydroxylation sites is 2. The number of aromatic amines is 1. The van der Waals surface area contributed by atoms with Gasteiger partial charge in [0.25, 0.3) is 11.5 Å². The molecule has 0 unspecified atom stereocenters. The number of aromatic nitrogens is 1. The van der Waals surface area contributed by atoms with Crippen LogP contribution in [0, 0.1) is 6.92 Å². The third kappa shape index (κ3) is 4.18. The number of aryl methyl sites for hydroxylation is 1. The van der Waals surface area contributed by atoms with Gasteiger partial charge in [0.05, 0.1) is 29.9 Å². The molecule has 0 fully saturated rings. The lowest BCUT2D eigenvalue weighted by Crippen LogP contribution is -2.33. The summed E-state index contributed by atoms with van der Waals surface area (Å²) >= 11 is 6.30. The molecule has 3 aromatic carbocycles. The van der Waals surface area contributed by atoms with E-state index in [0.29, 0.717) is 27.6 Å². The molecule has 4 aromatic rings. The van der Waals surface area contributed by atoms with Crippen LogP contribution in [0.2, 0.25) is 5.02 Å². The second kappa shape index (κ2) is 8.66. The van der Waals surface area contributed by atoms with Crippen molar-refractivity contribution in [2.45, 2.75) is 13.5 Å². The molecule has 5 nitrogen and oxygen atoms in total. The third-order valence-electron chi connectivity index (χ3n) is 5.13. The summed E-state index contributed by atoms with van der Waals surface area (Å²) in [5.41, 5.74) is 2.93. The van der Waals surface area contributed by atoms with E-state index in [9.17, 15) is 9.59 Å². The van der Waals surface area contributed by atoms with Crippen molar-refractivity contribution < 1.29 is 9.53 Å². The number of H-pyrrole nitrogens is 1. The Kier molecular flexibility index (Phi) is 5.78. The molecule has 1 aromatic heterocycles. The largest absolute Gasteiger partial charge is 0.495 e. The van der Waals surface area contributed by atoms with Gasteiger partial charge in [0, 0.05) is 11.1 Å². The molecule has 0 saturated carbocycles. The van der Waals surface area contributed by atoms with E-state index in [1.165, 1.54) is 4.90 Å². The van der Waals surface area contributed by atoms with E-state index in [1.807, 2.05) is 43.3 Å². The van der Waals surface area contributed by atoms with Gasteiger partial charge >= 0.3 is 0 Å². The molecular formula is C25H21ClN2O3. The van der Waals surface area contributed by atoms with Gasteiger partial charge in [-0.2, -0.15) is 0 Å². The van der Waals surface area contributed by atoms with Crippen LogP contribution in [0.25, 0.3) is 10.9 Å². The van der Waals surface area contributed by atoms with Crippen molar-refractivity contribution in [1.29, 1.82) is 0 Å². The Balaban J connectivity index is 1.84. The number of rotatable bonds is 5. The first-order valence-corrected chi connectivity index (χ1v) is 10.2. The molecule has 0 bridgehead atoms. The second-order valence-electron chi connectivity index (χ2n) is 7.26. The van der Waals surface area contributed by atoms with Crippen molar-refractivity contribution in [2.75, 3.05) is 12.0 Å². The maximum Gasteiger partial charge on any atom is 0.260 e. The van der Waals surface area contributed by atoms with Gasteiger partial charge in [0.15, 0.2) is 0 Å². The molecular weight excluding hydrogens is 412 g/mol. The van der Waals surface area contributed by atoms with Crippen LogP contribution < -0.4 is 15.2 Å². The fraction of sp³-hybridized carbons (Fsp3) is 0.120. The fourth-order valence-corrected chi connectivity index (χ4v) is 3.76. The minimum absolute atomic E-state index is 0.0591. The molecule has 0 saturated heterocycles. The highest BCUT2D eigenvalue weighted by Crippen LogP contribution is 2.31. The van der Waals surface area contributed by atoms with Gasteiger partial charge in [-0.05, 0) is 54.3 Å². The van der Waals surface area contributed by atoms with Crippen LogP contribution >= 0.6 is 11.6 Å². The Morgan fingerprint density at radius 2 is 1.77 bits per heavy atom. The zero-order valence-corrected chi connectivity index (χ0v) is 17.9. The van der Waals surface area contributed by atoms with Crippen LogP contribution in [-0.4, -0.2) is 18.0 Å². The highest BCUT2D eigenvalue weighted by Gasteiger charge is 2.24. The molecule has 1 amide bonds. The van der Waals surface area contributed by atoms with E-state index in [0.717, 1.165) is 16.5 Å². The number of ether oxygens (including phenoxy) is 1. The first-order chi connectivity index (χ1) is 15.0. The summed E-state index contributed by atoms with van der Waals surface area (Å²) in [6.45, 7) is 2.03. The zero-order valence-electron chi connectivity index (χ0n) is 17.2. The second-order valence-corrected chi connectivity index (χ2v) is 7.66. The van der Waals surface area contributed by atoms with E-state index in [1.54, 1.807) is 43.5 Å². The van der Waals surface area contributed by atoms with Gasteiger partial charge in [0.1, 0.15) is 5.75 Å². The van der Waals surface area contributed by atoms with Gasteiger partial charge in [0.2, 0.25) is 0 Å². The van der Waals surface area contributed by atoms with Gasteiger partial charge in [-0.25, -0.2) is 0 Å². The number of hydrogen-bond acceptors (Lipinski definition) is 3. The number of fused-ring (bicyclic) bond motifs is 1. The maximum absolute atomic E-state index is 13.5. The number of benzene rings is 3. The summed E-state index contributed by atoms with van der Waals surface area (Å²) in [5, 5.41) is 1.24. The number of halogens is 1. The normalized spacial score (nSPS) is 10.8. The molecule has 0 aliphatic carbocycles. The van der Waals surface area contributed by atoms with Crippen LogP contribution in [0.4, 0.5) is 5.69 Å². The van der Waals surface area contributed by atoms with Gasteiger partial charge in [-0.1, -0.05) is 48.0 Å². The van der Waals surface area contributed by atoms with E-state index in [-0.39, 0.29) is 18.0 Å². The monoisotopic (exact) mass is 432 g/mol. The Morgan fingerprint density at radius 1 is 1.03 bits per heavy atom.